The Morgan fingerprint density at radius 1 is 0.500 bits per heavy atom. The van der Waals surface area contributed by atoms with Gasteiger partial charge in [-0.25, -0.2) is 0 Å². The van der Waals surface area contributed by atoms with Crippen molar-refractivity contribution in [2.24, 2.45) is 0 Å². The van der Waals surface area contributed by atoms with Crippen LogP contribution < -0.4 is 0 Å². The van der Waals surface area contributed by atoms with Gasteiger partial charge in [-0.1, -0.05) is 125 Å². The Morgan fingerprint density at radius 3 is 1.15 bits per heavy atom. The van der Waals surface area contributed by atoms with E-state index in [1.54, 1.807) is 0 Å². The summed E-state index contributed by atoms with van der Waals surface area (Å²) < 4.78 is 0. The zero-order valence-electron chi connectivity index (χ0n) is 30.2. The molecule has 0 aliphatic heterocycles. The molecule has 0 N–H and O–H groups in total. The molecule has 0 bridgehead atoms. The van der Waals surface area contributed by atoms with Crippen molar-refractivity contribution in [3.8, 4) is 22.3 Å². The number of fused-ring (bicyclic) bond motifs is 2. The van der Waals surface area contributed by atoms with Gasteiger partial charge in [-0.05, 0) is 60.8 Å². The van der Waals surface area contributed by atoms with Gasteiger partial charge < -0.3 is 0 Å². The van der Waals surface area contributed by atoms with E-state index < -0.39 is 20.8 Å². The second-order valence-electron chi connectivity index (χ2n) is 11.9. The fourth-order valence-corrected chi connectivity index (χ4v) is 6.56. The Morgan fingerprint density at radius 2 is 0.833 bits per heavy atom. The van der Waals surface area contributed by atoms with E-state index in [0.717, 1.165) is 48.0 Å². The monoisotopic (exact) mass is 768 g/mol. The van der Waals surface area contributed by atoms with Crippen LogP contribution in [0.4, 0.5) is 0 Å². The van der Waals surface area contributed by atoms with Crippen molar-refractivity contribution < 1.29 is 20.8 Å². The van der Waals surface area contributed by atoms with E-state index in [1.807, 2.05) is 0 Å². The number of hydrogen-bond acceptors (Lipinski definition) is 0. The van der Waals surface area contributed by atoms with Gasteiger partial charge in [0.1, 0.15) is 0 Å². The standard InChI is InChI=1S/2C21H23.C2H6Si.2ClH.Zr/c2*1-4-15-13-18-12-11-17(6-3)21(20(18)14-15)19-10-8-7-9-16(19)5-2;1-3-2;;;/h2*7-14H,4-6H2,1-3H3;1-2H3;2*1H;/q2*-1;;;;+4/p-2. The molecule has 0 spiro atoms. The molecule has 0 aliphatic carbocycles. The summed E-state index contributed by atoms with van der Waals surface area (Å²) >= 11 is -0.826. The molecule has 0 heterocycles. The second-order valence-corrected chi connectivity index (χ2v) is 16.7. The minimum absolute atomic E-state index is 0.826. The molecule has 0 nitrogen and oxygen atoms in total. The second kappa shape index (κ2) is 21.1. The molecule has 250 valence electrons. The van der Waals surface area contributed by atoms with Crippen molar-refractivity contribution in [3.05, 3.63) is 130 Å². The van der Waals surface area contributed by atoms with Crippen molar-refractivity contribution in [1.82, 2.24) is 0 Å². The Hall–Kier alpha value is -2.22. The molecule has 0 aromatic heterocycles. The van der Waals surface area contributed by atoms with Gasteiger partial charge >= 0.3 is 37.9 Å². The normalized spacial score (nSPS) is 10.4. The first-order valence-electron chi connectivity index (χ1n) is 17.5. The molecule has 6 aromatic carbocycles. The maximum absolute atomic E-state index is 4.93. The fourth-order valence-electron chi connectivity index (χ4n) is 6.56. The van der Waals surface area contributed by atoms with Crippen LogP contribution in [0.15, 0.2) is 97.1 Å². The summed E-state index contributed by atoms with van der Waals surface area (Å²) in [6.07, 6.45) is 6.52. The van der Waals surface area contributed by atoms with Crippen LogP contribution in [-0.2, 0) is 59.4 Å². The van der Waals surface area contributed by atoms with Crippen LogP contribution in [0.2, 0.25) is 13.1 Å². The van der Waals surface area contributed by atoms with Gasteiger partial charge in [0.25, 0.3) is 0 Å². The molecular weight excluding hydrogens is 719 g/mol. The maximum atomic E-state index is 4.93. The van der Waals surface area contributed by atoms with Crippen LogP contribution in [0.5, 0.6) is 0 Å². The predicted octanol–water partition coefficient (Wildman–Crippen LogP) is 14.0. The zero-order chi connectivity index (χ0) is 35.1. The van der Waals surface area contributed by atoms with E-state index in [2.05, 4.69) is 152 Å². The van der Waals surface area contributed by atoms with Gasteiger partial charge in [0.05, 0.1) is 0 Å². The molecule has 0 saturated heterocycles. The van der Waals surface area contributed by atoms with E-state index >= 15 is 0 Å². The Kier molecular flexibility index (Phi) is 17.7. The topological polar surface area (TPSA) is 0 Å². The zero-order valence-corrected chi connectivity index (χ0v) is 35.2. The number of benzene rings is 4. The Balaban J connectivity index is 0.000000224. The van der Waals surface area contributed by atoms with E-state index in [9.17, 15) is 0 Å². The third kappa shape index (κ3) is 9.94. The van der Waals surface area contributed by atoms with Gasteiger partial charge in [0.15, 0.2) is 0 Å². The van der Waals surface area contributed by atoms with Crippen LogP contribution in [0, 0.1) is 0 Å². The van der Waals surface area contributed by atoms with Gasteiger partial charge in [-0.2, -0.15) is 12.1 Å². The molecule has 6 aromatic rings. The number of hydrogen-bond donors (Lipinski definition) is 0. The summed E-state index contributed by atoms with van der Waals surface area (Å²) in [6.45, 7) is 17.8. The summed E-state index contributed by atoms with van der Waals surface area (Å²) in [6, 6.07) is 36.3. The number of aryl methyl sites for hydroxylation is 6. The van der Waals surface area contributed by atoms with Gasteiger partial charge in [-0.15, -0.1) is 69.1 Å². The third-order valence-electron chi connectivity index (χ3n) is 8.99. The molecule has 0 fully saturated rings. The SMILES string of the molecule is CCc1cc2c(-c3ccccc3CC)c(CC)ccc2[cH-]1.CCc1cc2c(-c3ccccc3CC)c(CC)ccc2[cH-]1.C[Si]C.[Cl][Zr+2][Cl]. The van der Waals surface area contributed by atoms with Crippen LogP contribution >= 0.6 is 17.0 Å². The summed E-state index contributed by atoms with van der Waals surface area (Å²) in [5, 5.41) is 5.61. The Bertz CT molecular complexity index is 1710. The molecule has 6 rings (SSSR count). The first-order valence-corrected chi connectivity index (χ1v) is 25.9. The molecular formula is C44H52Cl2SiZr. The average Bonchev–Trinajstić information content (AvgIpc) is 3.76. The third-order valence-corrected chi connectivity index (χ3v) is 8.99. The van der Waals surface area contributed by atoms with Crippen LogP contribution in [-0.4, -0.2) is 9.52 Å². The molecule has 0 saturated carbocycles. The van der Waals surface area contributed by atoms with Crippen molar-refractivity contribution in [2.75, 3.05) is 0 Å². The first kappa shape index (κ1) is 40.2. The van der Waals surface area contributed by atoms with Crippen molar-refractivity contribution in [1.29, 1.82) is 0 Å². The fraction of sp³-hybridized carbons (Fsp3) is 0.318. The van der Waals surface area contributed by atoms with Gasteiger partial charge in [0.2, 0.25) is 0 Å². The van der Waals surface area contributed by atoms with Crippen LogP contribution in [0.1, 0.15) is 74.9 Å². The summed E-state index contributed by atoms with van der Waals surface area (Å²) in [5.41, 5.74) is 14.4. The van der Waals surface area contributed by atoms with Crippen molar-refractivity contribution >= 4 is 48.1 Å². The molecule has 4 heteroatoms. The van der Waals surface area contributed by atoms with Crippen LogP contribution in [0.25, 0.3) is 43.8 Å². The summed E-state index contributed by atoms with van der Waals surface area (Å²) in [4.78, 5) is 0. The Labute approximate surface area is 312 Å². The minimum atomic E-state index is -0.826. The molecule has 0 aliphatic rings. The predicted molar refractivity (Wildman–Crippen MR) is 215 cm³/mol. The molecule has 48 heavy (non-hydrogen) atoms. The number of rotatable bonds is 8. The number of halogens is 2. The van der Waals surface area contributed by atoms with Crippen molar-refractivity contribution in [3.63, 3.8) is 0 Å². The van der Waals surface area contributed by atoms with Gasteiger partial charge in [0, 0.05) is 9.52 Å². The van der Waals surface area contributed by atoms with E-state index in [0.29, 0.717) is 0 Å². The molecule has 2 radical (unpaired) electrons. The average molecular weight is 771 g/mol. The van der Waals surface area contributed by atoms with Crippen molar-refractivity contribution in [2.45, 2.75) is 93.2 Å². The molecule has 0 atom stereocenters. The van der Waals surface area contributed by atoms with E-state index in [-0.39, 0.29) is 0 Å². The molecule has 0 amide bonds. The quantitative estimate of drug-likeness (QED) is 0.107. The van der Waals surface area contributed by atoms with E-state index in [4.69, 9.17) is 17.0 Å². The van der Waals surface area contributed by atoms with Crippen LogP contribution in [0.3, 0.4) is 0 Å². The first-order chi connectivity index (χ1) is 23.4. The van der Waals surface area contributed by atoms with Gasteiger partial charge in [-0.3, -0.25) is 0 Å². The summed E-state index contributed by atoms with van der Waals surface area (Å²) in [7, 11) is 11.0. The van der Waals surface area contributed by atoms with E-state index in [1.165, 1.54) is 77.2 Å². The summed E-state index contributed by atoms with van der Waals surface area (Å²) in [5.74, 6) is 0. The molecule has 0 unspecified atom stereocenters.